The lowest BCUT2D eigenvalue weighted by atomic mass is 9.93. The second-order valence-corrected chi connectivity index (χ2v) is 5.50. The summed E-state index contributed by atoms with van der Waals surface area (Å²) in [6, 6.07) is 0. The Morgan fingerprint density at radius 2 is 2.35 bits per heavy atom. The van der Waals surface area contributed by atoms with Crippen LogP contribution in [-0.4, -0.2) is 18.3 Å². The molecule has 1 aromatic heterocycles. The van der Waals surface area contributed by atoms with Crippen LogP contribution in [0.3, 0.4) is 0 Å². The van der Waals surface area contributed by atoms with Crippen molar-refractivity contribution >= 4 is 11.3 Å². The van der Waals surface area contributed by atoms with Crippen molar-refractivity contribution in [1.29, 1.82) is 0 Å². The molecule has 1 aromatic rings. The van der Waals surface area contributed by atoms with Crippen LogP contribution in [-0.2, 0) is 24.1 Å². The fourth-order valence-corrected chi connectivity index (χ4v) is 3.33. The number of rotatable bonds is 2. The molecule has 0 fully saturated rings. The van der Waals surface area contributed by atoms with Crippen LogP contribution >= 0.6 is 11.3 Å². The van der Waals surface area contributed by atoms with Gasteiger partial charge in [0.05, 0.1) is 6.54 Å². The first-order valence-electron chi connectivity index (χ1n) is 5.88. The summed E-state index contributed by atoms with van der Waals surface area (Å²) in [5, 5.41) is 0. The van der Waals surface area contributed by atoms with Crippen LogP contribution in [0.1, 0.15) is 23.9 Å². The van der Waals surface area contributed by atoms with Gasteiger partial charge < -0.3 is 4.74 Å². The van der Waals surface area contributed by atoms with Crippen molar-refractivity contribution in [3.63, 3.8) is 0 Å². The van der Waals surface area contributed by atoms with Crippen molar-refractivity contribution in [3.8, 4) is 11.8 Å². The second kappa shape index (κ2) is 5.52. The van der Waals surface area contributed by atoms with Gasteiger partial charge in [0.2, 0.25) is 0 Å². The minimum atomic E-state index is 0.135. The highest BCUT2D eigenvalue weighted by molar-refractivity contribution is 7.09. The molecule has 1 atom stereocenters. The van der Waals surface area contributed by atoms with Crippen molar-refractivity contribution in [2.45, 2.75) is 32.7 Å². The summed E-state index contributed by atoms with van der Waals surface area (Å²) in [4.78, 5) is 13.3. The van der Waals surface area contributed by atoms with Gasteiger partial charge in [0, 0.05) is 17.7 Å². The van der Waals surface area contributed by atoms with Crippen LogP contribution in [0.5, 0.6) is 0 Å². The van der Waals surface area contributed by atoms with E-state index in [1.165, 1.54) is 28.3 Å². The van der Waals surface area contributed by atoms with Gasteiger partial charge in [-0.25, -0.2) is 0 Å². The molecule has 0 bridgehead atoms. The topological polar surface area (TPSA) is 31.2 Å². The fraction of sp³-hybridized carbons (Fsp3) is 0.615. The third-order valence-corrected chi connectivity index (χ3v) is 4.11. The summed E-state index contributed by atoms with van der Waals surface area (Å²) in [7, 11) is 1.62. The zero-order chi connectivity index (χ0) is 12.3. The quantitative estimate of drug-likeness (QED) is 0.749. The molecule has 0 spiro atoms. The van der Waals surface area contributed by atoms with Gasteiger partial charge in [-0.05, 0) is 25.2 Å². The zero-order valence-electron chi connectivity index (χ0n) is 10.3. The predicted molar refractivity (Wildman–Crippen MR) is 69.4 cm³/mol. The van der Waals surface area contributed by atoms with Crippen molar-refractivity contribution in [1.82, 2.24) is 4.57 Å². The predicted octanol–water partition coefficient (Wildman–Crippen LogP) is 1.68. The monoisotopic (exact) mass is 251 g/mol. The lowest BCUT2D eigenvalue weighted by Crippen LogP contribution is -2.18. The molecule has 0 N–H and O–H groups in total. The van der Waals surface area contributed by atoms with Crippen LogP contribution in [0.4, 0.5) is 0 Å². The van der Waals surface area contributed by atoms with Crippen molar-refractivity contribution in [3.05, 3.63) is 20.2 Å². The Morgan fingerprint density at radius 3 is 3.12 bits per heavy atom. The van der Waals surface area contributed by atoms with Gasteiger partial charge in [-0.3, -0.25) is 9.36 Å². The number of hydrogen-bond donors (Lipinski definition) is 0. The van der Waals surface area contributed by atoms with E-state index in [1.54, 1.807) is 7.11 Å². The molecule has 0 saturated heterocycles. The first-order chi connectivity index (χ1) is 8.22. The Bertz CT molecular complexity index is 504. The highest BCUT2D eigenvalue weighted by Gasteiger charge is 2.21. The van der Waals surface area contributed by atoms with Gasteiger partial charge in [-0.15, -0.1) is 0 Å². The molecule has 1 aliphatic rings. The fourth-order valence-electron chi connectivity index (χ4n) is 2.13. The van der Waals surface area contributed by atoms with Crippen LogP contribution in [0.15, 0.2) is 4.79 Å². The highest BCUT2D eigenvalue weighted by atomic mass is 32.1. The average Bonchev–Trinajstić information content (AvgIpc) is 2.60. The summed E-state index contributed by atoms with van der Waals surface area (Å²) < 4.78 is 6.69. The number of ether oxygens (including phenoxy) is 1. The first kappa shape index (κ1) is 12.4. The molecule has 92 valence electrons. The van der Waals surface area contributed by atoms with Crippen LogP contribution in [0.25, 0.3) is 0 Å². The molecule has 1 aliphatic carbocycles. The largest absolute Gasteiger partial charge is 0.372 e. The lowest BCUT2D eigenvalue weighted by Gasteiger charge is -2.18. The maximum atomic E-state index is 11.9. The molecular formula is C13H17NO2S. The molecule has 0 aliphatic heterocycles. The Kier molecular flexibility index (Phi) is 4.03. The van der Waals surface area contributed by atoms with E-state index in [9.17, 15) is 4.79 Å². The van der Waals surface area contributed by atoms with Gasteiger partial charge in [0.1, 0.15) is 6.61 Å². The molecule has 2 rings (SSSR count). The Labute approximate surface area is 105 Å². The third-order valence-electron chi connectivity index (χ3n) is 3.07. The molecule has 3 nitrogen and oxygen atoms in total. The minimum absolute atomic E-state index is 0.135. The van der Waals surface area contributed by atoms with Crippen LogP contribution in [0, 0.1) is 17.8 Å². The van der Waals surface area contributed by atoms with E-state index in [0.717, 1.165) is 12.8 Å². The molecule has 4 heteroatoms. The Morgan fingerprint density at radius 1 is 1.53 bits per heavy atom. The smallest absolute Gasteiger partial charge is 0.308 e. The van der Waals surface area contributed by atoms with E-state index in [0.29, 0.717) is 19.1 Å². The molecule has 1 heterocycles. The molecule has 0 radical (unpaired) electrons. The van der Waals surface area contributed by atoms with Gasteiger partial charge in [0.15, 0.2) is 0 Å². The van der Waals surface area contributed by atoms with E-state index in [2.05, 4.69) is 18.8 Å². The van der Waals surface area contributed by atoms with Crippen molar-refractivity contribution < 1.29 is 4.74 Å². The normalized spacial score (nSPS) is 18.4. The summed E-state index contributed by atoms with van der Waals surface area (Å²) in [6.07, 6.45) is 3.24. The van der Waals surface area contributed by atoms with Gasteiger partial charge in [0.25, 0.3) is 0 Å². The summed E-state index contributed by atoms with van der Waals surface area (Å²) in [5.74, 6) is 6.58. The number of hydrogen-bond acceptors (Lipinski definition) is 3. The summed E-state index contributed by atoms with van der Waals surface area (Å²) in [6.45, 7) is 3.18. The van der Waals surface area contributed by atoms with Gasteiger partial charge in [-0.1, -0.05) is 30.1 Å². The lowest BCUT2D eigenvalue weighted by molar-refractivity contribution is 0.239. The number of thiazole rings is 1. The zero-order valence-corrected chi connectivity index (χ0v) is 11.1. The molecule has 0 saturated carbocycles. The molecular weight excluding hydrogens is 234 g/mol. The number of methoxy groups -OCH3 is 1. The van der Waals surface area contributed by atoms with E-state index < -0.39 is 0 Å². The number of nitrogens with zero attached hydrogens (tertiary/aromatic N) is 1. The van der Waals surface area contributed by atoms with E-state index in [4.69, 9.17) is 4.74 Å². The average molecular weight is 251 g/mol. The van der Waals surface area contributed by atoms with Crippen molar-refractivity contribution in [2.75, 3.05) is 13.7 Å². The first-order valence-corrected chi connectivity index (χ1v) is 6.70. The van der Waals surface area contributed by atoms with Gasteiger partial charge >= 0.3 is 4.87 Å². The standard InChI is InChI=1S/C13H17NO2S/c1-10-5-6-11-12(9-10)17-13(15)14(11)7-3-4-8-16-2/h10H,5-9H2,1-2H3. The maximum Gasteiger partial charge on any atom is 0.308 e. The number of fused-ring (bicyclic) bond motifs is 1. The van der Waals surface area contributed by atoms with Crippen LogP contribution < -0.4 is 4.87 Å². The third kappa shape index (κ3) is 2.80. The minimum Gasteiger partial charge on any atom is -0.372 e. The maximum absolute atomic E-state index is 11.9. The molecule has 17 heavy (non-hydrogen) atoms. The molecule has 0 aromatic carbocycles. The highest BCUT2D eigenvalue weighted by Crippen LogP contribution is 2.26. The summed E-state index contributed by atoms with van der Waals surface area (Å²) >= 11 is 1.39. The molecule has 0 amide bonds. The van der Waals surface area contributed by atoms with E-state index >= 15 is 0 Å². The van der Waals surface area contributed by atoms with E-state index in [1.807, 2.05) is 4.57 Å². The number of aromatic nitrogens is 1. The van der Waals surface area contributed by atoms with Gasteiger partial charge in [-0.2, -0.15) is 0 Å². The molecule has 1 unspecified atom stereocenters. The van der Waals surface area contributed by atoms with Crippen LogP contribution in [0.2, 0.25) is 0 Å². The Hall–Kier alpha value is -1.05. The summed E-state index contributed by atoms with van der Waals surface area (Å²) in [5.41, 5.74) is 1.21. The Balaban J connectivity index is 2.19. The second-order valence-electron chi connectivity index (χ2n) is 4.46. The SMILES string of the molecule is COCC#CCn1c2c(sc1=O)CC(C)CC2. The van der Waals surface area contributed by atoms with E-state index in [-0.39, 0.29) is 4.87 Å². The van der Waals surface area contributed by atoms with Crippen molar-refractivity contribution in [2.24, 2.45) is 5.92 Å².